The van der Waals surface area contributed by atoms with Crippen molar-refractivity contribution in [3.05, 3.63) is 29.7 Å². The molecule has 18 heavy (non-hydrogen) atoms. The predicted molar refractivity (Wildman–Crippen MR) is 68.6 cm³/mol. The molecular weight excluding hydrogens is 231 g/mol. The molecule has 2 aromatic heterocycles. The lowest BCUT2D eigenvalue weighted by atomic mass is 9.79. The van der Waals surface area contributed by atoms with Crippen LogP contribution in [0.3, 0.4) is 0 Å². The van der Waals surface area contributed by atoms with Crippen molar-refractivity contribution in [1.29, 1.82) is 0 Å². The van der Waals surface area contributed by atoms with Gasteiger partial charge in [0.1, 0.15) is 16.9 Å². The molecule has 0 amide bonds. The van der Waals surface area contributed by atoms with Crippen LogP contribution in [-0.2, 0) is 0 Å². The number of rotatable bonds is 1. The zero-order valence-electron chi connectivity index (χ0n) is 10.0. The number of hydrogen-bond donors (Lipinski definition) is 2. The Hall–Kier alpha value is -1.92. The van der Waals surface area contributed by atoms with Gasteiger partial charge in [0, 0.05) is 10.8 Å². The van der Waals surface area contributed by atoms with Crippen LogP contribution in [0.2, 0.25) is 0 Å². The van der Waals surface area contributed by atoms with Gasteiger partial charge in [-0.15, -0.1) is 0 Å². The highest BCUT2D eigenvalue weighted by Gasteiger charge is 2.20. The van der Waals surface area contributed by atoms with Gasteiger partial charge < -0.3 is 14.5 Å². The molecule has 0 spiro atoms. The van der Waals surface area contributed by atoms with E-state index >= 15 is 0 Å². The fourth-order valence-electron chi connectivity index (χ4n) is 2.17. The number of hydrogen-bond acceptors (Lipinski definition) is 5. The molecule has 3 rings (SSSR count). The first-order chi connectivity index (χ1) is 8.58. The topological polar surface area (TPSA) is 79.4 Å². The molecule has 0 atom stereocenters. The highest BCUT2D eigenvalue weighted by Crippen LogP contribution is 2.27. The Morgan fingerprint density at radius 2 is 1.89 bits per heavy atom. The van der Waals surface area contributed by atoms with Crippen LogP contribution in [-0.4, -0.2) is 27.1 Å². The fourth-order valence-corrected chi connectivity index (χ4v) is 2.17. The van der Waals surface area contributed by atoms with E-state index in [0.29, 0.717) is 28.0 Å². The first kappa shape index (κ1) is 11.2. The second-order valence-electron chi connectivity index (χ2n) is 4.23. The summed E-state index contributed by atoms with van der Waals surface area (Å²) >= 11 is 0. The molecule has 0 aliphatic carbocycles. The summed E-state index contributed by atoms with van der Waals surface area (Å²) in [4.78, 5) is 8.60. The average molecular weight is 242 g/mol. The van der Waals surface area contributed by atoms with Gasteiger partial charge in [-0.3, -0.25) is 0 Å². The molecule has 0 unspecified atom stereocenters. The number of aromatic nitrogens is 2. The van der Waals surface area contributed by atoms with Gasteiger partial charge in [0.15, 0.2) is 5.58 Å². The molecule has 2 N–H and O–H groups in total. The zero-order valence-corrected chi connectivity index (χ0v) is 10.0. The molecule has 3 aromatic rings. The first-order valence-electron chi connectivity index (χ1n) is 5.60. The van der Waals surface area contributed by atoms with Crippen LogP contribution in [0.5, 0.6) is 0 Å². The fraction of sp³-hybridized carbons (Fsp3) is 0.167. The van der Waals surface area contributed by atoms with E-state index in [4.69, 9.17) is 4.42 Å². The van der Waals surface area contributed by atoms with Crippen LogP contribution >= 0.6 is 0 Å². The third kappa shape index (κ3) is 1.50. The largest absolute Gasteiger partial charge is 0.492 e. The number of aryl methyl sites for hydroxylation is 2. The molecule has 1 aromatic carbocycles. The molecule has 0 bridgehead atoms. The van der Waals surface area contributed by atoms with E-state index in [-0.39, 0.29) is 0 Å². The highest BCUT2D eigenvalue weighted by atomic mass is 16.4. The number of furan rings is 1. The van der Waals surface area contributed by atoms with E-state index in [1.54, 1.807) is 12.1 Å². The minimum absolute atomic E-state index is 0.336. The maximum Gasteiger partial charge on any atom is 0.492 e. The van der Waals surface area contributed by atoms with Crippen molar-refractivity contribution in [2.24, 2.45) is 0 Å². The maximum atomic E-state index is 9.33. The molecule has 0 radical (unpaired) electrons. The van der Waals surface area contributed by atoms with Gasteiger partial charge in [-0.25, -0.2) is 9.97 Å². The van der Waals surface area contributed by atoms with Gasteiger partial charge >= 0.3 is 7.12 Å². The van der Waals surface area contributed by atoms with Gasteiger partial charge in [0.2, 0.25) is 0 Å². The Kier molecular flexibility index (Phi) is 2.36. The average Bonchev–Trinajstić information content (AvgIpc) is 2.68. The lowest BCUT2D eigenvalue weighted by Crippen LogP contribution is -2.29. The van der Waals surface area contributed by atoms with Crippen molar-refractivity contribution in [2.45, 2.75) is 13.8 Å². The lowest BCUT2D eigenvalue weighted by Gasteiger charge is -1.98. The normalized spacial score (nSPS) is 11.3. The Labute approximate surface area is 103 Å². The van der Waals surface area contributed by atoms with E-state index in [1.165, 1.54) is 0 Å². The van der Waals surface area contributed by atoms with Crippen LogP contribution in [0, 0.1) is 13.8 Å². The monoisotopic (exact) mass is 242 g/mol. The first-order valence-corrected chi connectivity index (χ1v) is 5.60. The molecule has 0 saturated carbocycles. The van der Waals surface area contributed by atoms with E-state index in [1.807, 2.05) is 19.9 Å². The summed E-state index contributed by atoms with van der Waals surface area (Å²) in [6.45, 7) is 3.66. The molecule has 5 nitrogen and oxygen atoms in total. The summed E-state index contributed by atoms with van der Waals surface area (Å²) in [5, 5.41) is 19.4. The summed E-state index contributed by atoms with van der Waals surface area (Å²) in [7, 11) is -1.57. The van der Waals surface area contributed by atoms with Crippen molar-refractivity contribution in [1.82, 2.24) is 9.97 Å². The SMILES string of the molecule is Cc1nc(C)c2oc3c(B(O)O)cccc3c2n1. The molecule has 0 aliphatic rings. The summed E-state index contributed by atoms with van der Waals surface area (Å²) in [6, 6.07) is 5.21. The minimum atomic E-state index is -1.57. The standard InChI is InChI=1S/C12H11BN2O3/c1-6-11-10(15-7(2)14-6)8-4-3-5-9(13(16)17)12(8)18-11/h3-5,16-17H,1-2H3. The van der Waals surface area contributed by atoms with Crippen molar-refractivity contribution in [3.63, 3.8) is 0 Å². The summed E-state index contributed by atoms with van der Waals surface area (Å²) in [5.74, 6) is 0.664. The molecule has 0 aliphatic heterocycles. The van der Waals surface area contributed by atoms with Gasteiger partial charge in [0.05, 0.1) is 5.69 Å². The second kappa shape index (κ2) is 3.79. The lowest BCUT2D eigenvalue weighted by molar-refractivity contribution is 0.425. The molecule has 2 heterocycles. The van der Waals surface area contributed by atoms with E-state index in [9.17, 15) is 10.0 Å². The molecular formula is C12H11BN2O3. The Bertz CT molecular complexity index is 752. The highest BCUT2D eigenvalue weighted by molar-refractivity contribution is 6.61. The van der Waals surface area contributed by atoms with Gasteiger partial charge in [-0.1, -0.05) is 12.1 Å². The Morgan fingerprint density at radius 3 is 2.61 bits per heavy atom. The van der Waals surface area contributed by atoms with E-state index in [0.717, 1.165) is 11.1 Å². The van der Waals surface area contributed by atoms with Crippen molar-refractivity contribution in [3.8, 4) is 0 Å². The molecule has 6 heteroatoms. The second-order valence-corrected chi connectivity index (χ2v) is 4.23. The summed E-state index contributed by atoms with van der Waals surface area (Å²) < 4.78 is 5.69. The Morgan fingerprint density at radius 1 is 1.11 bits per heavy atom. The Balaban J connectivity index is 2.51. The number of benzene rings is 1. The third-order valence-corrected chi connectivity index (χ3v) is 2.93. The molecule has 0 saturated heterocycles. The van der Waals surface area contributed by atoms with E-state index in [2.05, 4.69) is 9.97 Å². The van der Waals surface area contributed by atoms with Crippen LogP contribution < -0.4 is 5.46 Å². The quantitative estimate of drug-likeness (QED) is 0.613. The molecule has 0 fully saturated rings. The number of fused-ring (bicyclic) bond motifs is 3. The van der Waals surface area contributed by atoms with Gasteiger partial charge in [-0.2, -0.15) is 0 Å². The van der Waals surface area contributed by atoms with Crippen LogP contribution in [0.15, 0.2) is 22.6 Å². The summed E-state index contributed by atoms with van der Waals surface area (Å²) in [6.07, 6.45) is 0. The van der Waals surface area contributed by atoms with Gasteiger partial charge in [-0.05, 0) is 19.9 Å². The van der Waals surface area contributed by atoms with Crippen LogP contribution in [0.4, 0.5) is 0 Å². The van der Waals surface area contributed by atoms with Crippen molar-refractivity contribution in [2.75, 3.05) is 0 Å². The number of nitrogens with zero attached hydrogens (tertiary/aromatic N) is 2. The smallest absolute Gasteiger partial charge is 0.453 e. The van der Waals surface area contributed by atoms with Crippen molar-refractivity contribution >= 4 is 34.7 Å². The third-order valence-electron chi connectivity index (χ3n) is 2.93. The predicted octanol–water partition coefficient (Wildman–Crippen LogP) is 0.673. The van der Waals surface area contributed by atoms with Gasteiger partial charge in [0.25, 0.3) is 0 Å². The number of para-hydroxylation sites is 1. The minimum Gasteiger partial charge on any atom is -0.453 e. The molecule has 90 valence electrons. The van der Waals surface area contributed by atoms with Crippen molar-refractivity contribution < 1.29 is 14.5 Å². The maximum absolute atomic E-state index is 9.33. The summed E-state index contributed by atoms with van der Waals surface area (Å²) in [5.41, 5.74) is 2.82. The van der Waals surface area contributed by atoms with Crippen LogP contribution in [0.25, 0.3) is 22.1 Å². The van der Waals surface area contributed by atoms with E-state index < -0.39 is 7.12 Å². The van der Waals surface area contributed by atoms with Crippen LogP contribution in [0.1, 0.15) is 11.5 Å². The zero-order chi connectivity index (χ0) is 12.9.